The molecule has 146 valence electrons. The SMILES string of the molecule is CCCN=C(NCCc1ccco1)NC1CCN(c2ccccc2OC)C1. The average Bonchev–Trinajstić information content (AvgIpc) is 3.38. The van der Waals surface area contributed by atoms with Gasteiger partial charge in [0.2, 0.25) is 0 Å². The number of benzene rings is 1. The van der Waals surface area contributed by atoms with E-state index in [1.165, 1.54) is 0 Å². The van der Waals surface area contributed by atoms with Gasteiger partial charge in [-0.05, 0) is 37.1 Å². The summed E-state index contributed by atoms with van der Waals surface area (Å²) in [4.78, 5) is 7.05. The van der Waals surface area contributed by atoms with E-state index in [9.17, 15) is 0 Å². The summed E-state index contributed by atoms with van der Waals surface area (Å²) in [6, 6.07) is 12.5. The number of aliphatic imine (C=N–C) groups is 1. The Hall–Kier alpha value is -2.63. The van der Waals surface area contributed by atoms with Gasteiger partial charge in [0.05, 0.1) is 19.1 Å². The summed E-state index contributed by atoms with van der Waals surface area (Å²) in [6.07, 6.45) is 4.66. The molecule has 0 bridgehead atoms. The first kappa shape index (κ1) is 19.1. The zero-order valence-electron chi connectivity index (χ0n) is 16.3. The van der Waals surface area contributed by atoms with Gasteiger partial charge in [-0.25, -0.2) is 0 Å². The molecule has 1 aromatic carbocycles. The Morgan fingerprint density at radius 3 is 2.96 bits per heavy atom. The van der Waals surface area contributed by atoms with Crippen LogP contribution in [0.15, 0.2) is 52.1 Å². The predicted molar refractivity (Wildman–Crippen MR) is 110 cm³/mol. The number of hydrogen-bond acceptors (Lipinski definition) is 4. The molecule has 0 spiro atoms. The van der Waals surface area contributed by atoms with Crippen LogP contribution >= 0.6 is 0 Å². The second-order valence-electron chi connectivity index (χ2n) is 6.73. The summed E-state index contributed by atoms with van der Waals surface area (Å²) in [7, 11) is 1.73. The quantitative estimate of drug-likeness (QED) is 0.552. The molecule has 1 aliphatic rings. The molecule has 1 saturated heterocycles. The van der Waals surface area contributed by atoms with Gasteiger partial charge in [0.15, 0.2) is 5.96 Å². The fourth-order valence-electron chi connectivity index (χ4n) is 3.32. The van der Waals surface area contributed by atoms with Crippen LogP contribution in [-0.2, 0) is 6.42 Å². The summed E-state index contributed by atoms with van der Waals surface area (Å²) in [6.45, 7) is 5.70. The van der Waals surface area contributed by atoms with Crippen molar-refractivity contribution in [2.75, 3.05) is 38.2 Å². The first-order chi connectivity index (χ1) is 13.3. The lowest BCUT2D eigenvalue weighted by Crippen LogP contribution is -2.45. The Morgan fingerprint density at radius 1 is 1.30 bits per heavy atom. The van der Waals surface area contributed by atoms with Crippen LogP contribution < -0.4 is 20.3 Å². The van der Waals surface area contributed by atoms with E-state index in [1.807, 2.05) is 24.3 Å². The fourth-order valence-corrected chi connectivity index (χ4v) is 3.32. The van der Waals surface area contributed by atoms with Gasteiger partial charge in [-0.3, -0.25) is 4.99 Å². The summed E-state index contributed by atoms with van der Waals surface area (Å²) < 4.78 is 10.9. The molecular formula is C21H30N4O2. The van der Waals surface area contributed by atoms with Crippen LogP contribution in [0.25, 0.3) is 0 Å². The Morgan fingerprint density at radius 2 is 2.19 bits per heavy atom. The summed E-state index contributed by atoms with van der Waals surface area (Å²) in [5, 5.41) is 7.03. The lowest BCUT2D eigenvalue weighted by Gasteiger charge is -2.22. The molecule has 1 aliphatic heterocycles. The third-order valence-corrected chi connectivity index (χ3v) is 4.69. The molecule has 0 aliphatic carbocycles. The molecule has 0 saturated carbocycles. The minimum Gasteiger partial charge on any atom is -0.495 e. The average molecular weight is 370 g/mol. The van der Waals surface area contributed by atoms with E-state index in [2.05, 4.69) is 39.6 Å². The van der Waals surface area contributed by atoms with Gasteiger partial charge >= 0.3 is 0 Å². The van der Waals surface area contributed by atoms with Gasteiger partial charge < -0.3 is 24.7 Å². The minimum atomic E-state index is 0.363. The minimum absolute atomic E-state index is 0.363. The van der Waals surface area contributed by atoms with E-state index < -0.39 is 0 Å². The van der Waals surface area contributed by atoms with E-state index in [0.29, 0.717) is 6.04 Å². The maximum absolute atomic E-state index is 5.51. The number of nitrogens with zero attached hydrogens (tertiary/aromatic N) is 2. The van der Waals surface area contributed by atoms with E-state index in [-0.39, 0.29) is 0 Å². The maximum atomic E-state index is 5.51. The number of guanidine groups is 1. The van der Waals surface area contributed by atoms with Crippen LogP contribution in [0, 0.1) is 0 Å². The third-order valence-electron chi connectivity index (χ3n) is 4.69. The number of hydrogen-bond donors (Lipinski definition) is 2. The van der Waals surface area contributed by atoms with Gasteiger partial charge in [0, 0.05) is 38.6 Å². The van der Waals surface area contributed by atoms with Gasteiger partial charge in [-0.15, -0.1) is 0 Å². The lowest BCUT2D eigenvalue weighted by atomic mass is 10.2. The molecule has 1 unspecified atom stereocenters. The smallest absolute Gasteiger partial charge is 0.191 e. The van der Waals surface area contributed by atoms with Gasteiger partial charge in [0.25, 0.3) is 0 Å². The monoisotopic (exact) mass is 370 g/mol. The topological polar surface area (TPSA) is 62.0 Å². The first-order valence-corrected chi connectivity index (χ1v) is 9.75. The molecule has 0 radical (unpaired) electrons. The highest BCUT2D eigenvalue weighted by Crippen LogP contribution is 2.30. The van der Waals surface area contributed by atoms with Crippen molar-refractivity contribution in [3.63, 3.8) is 0 Å². The number of rotatable bonds is 8. The number of para-hydroxylation sites is 2. The zero-order valence-corrected chi connectivity index (χ0v) is 16.3. The number of ether oxygens (including phenoxy) is 1. The second-order valence-corrected chi connectivity index (χ2v) is 6.73. The highest BCUT2D eigenvalue weighted by molar-refractivity contribution is 5.80. The Kier molecular flexibility index (Phi) is 7.02. The molecular weight excluding hydrogens is 340 g/mol. The Bertz CT molecular complexity index is 715. The molecule has 27 heavy (non-hydrogen) atoms. The van der Waals surface area contributed by atoms with Crippen LogP contribution in [0.1, 0.15) is 25.5 Å². The number of methoxy groups -OCH3 is 1. The molecule has 1 aromatic heterocycles. The van der Waals surface area contributed by atoms with Crippen molar-refractivity contribution >= 4 is 11.6 Å². The number of anilines is 1. The number of furan rings is 1. The molecule has 6 heteroatoms. The van der Waals surface area contributed by atoms with Crippen molar-refractivity contribution in [3.05, 3.63) is 48.4 Å². The summed E-state index contributed by atoms with van der Waals surface area (Å²) in [5.74, 6) is 2.80. The van der Waals surface area contributed by atoms with Gasteiger partial charge in [-0.2, -0.15) is 0 Å². The molecule has 3 rings (SSSR count). The maximum Gasteiger partial charge on any atom is 0.191 e. The third kappa shape index (κ3) is 5.42. The predicted octanol–water partition coefficient (Wildman–Crippen LogP) is 3.05. The van der Waals surface area contributed by atoms with Crippen molar-refractivity contribution in [2.45, 2.75) is 32.2 Å². The second kappa shape index (κ2) is 9.90. The Labute approximate surface area is 161 Å². The largest absolute Gasteiger partial charge is 0.495 e. The number of nitrogens with one attached hydrogen (secondary N) is 2. The molecule has 0 amide bonds. The standard InChI is InChI=1S/C21H30N4O2/c1-3-12-22-21(23-13-10-18-7-6-15-27-18)24-17-11-14-25(16-17)19-8-4-5-9-20(19)26-2/h4-9,15,17H,3,10-14,16H2,1-2H3,(H2,22,23,24). The van der Waals surface area contributed by atoms with E-state index in [4.69, 9.17) is 9.15 Å². The lowest BCUT2D eigenvalue weighted by molar-refractivity contribution is 0.415. The van der Waals surface area contributed by atoms with E-state index in [1.54, 1.807) is 13.4 Å². The van der Waals surface area contributed by atoms with Crippen molar-refractivity contribution in [1.29, 1.82) is 0 Å². The van der Waals surface area contributed by atoms with Crippen LogP contribution in [-0.4, -0.2) is 45.3 Å². The van der Waals surface area contributed by atoms with Crippen molar-refractivity contribution in [3.8, 4) is 5.75 Å². The van der Waals surface area contributed by atoms with Crippen LogP contribution in [0.4, 0.5) is 5.69 Å². The molecule has 6 nitrogen and oxygen atoms in total. The van der Waals surface area contributed by atoms with Crippen molar-refractivity contribution in [2.24, 2.45) is 4.99 Å². The van der Waals surface area contributed by atoms with Crippen LogP contribution in [0.3, 0.4) is 0 Å². The fraction of sp³-hybridized carbons (Fsp3) is 0.476. The van der Waals surface area contributed by atoms with Crippen molar-refractivity contribution in [1.82, 2.24) is 10.6 Å². The first-order valence-electron chi connectivity index (χ1n) is 9.75. The highest BCUT2D eigenvalue weighted by atomic mass is 16.5. The zero-order chi connectivity index (χ0) is 18.9. The van der Waals surface area contributed by atoms with Crippen LogP contribution in [0.5, 0.6) is 5.75 Å². The molecule has 2 aromatic rings. The normalized spacial score (nSPS) is 17.2. The molecule has 1 atom stereocenters. The summed E-state index contributed by atoms with van der Waals surface area (Å²) in [5.41, 5.74) is 1.15. The van der Waals surface area contributed by atoms with E-state index in [0.717, 1.165) is 68.6 Å². The molecule has 2 heterocycles. The van der Waals surface area contributed by atoms with E-state index >= 15 is 0 Å². The molecule has 1 fully saturated rings. The van der Waals surface area contributed by atoms with Gasteiger partial charge in [0.1, 0.15) is 11.5 Å². The highest BCUT2D eigenvalue weighted by Gasteiger charge is 2.25. The Balaban J connectivity index is 1.54. The molecule has 2 N–H and O–H groups in total. The summed E-state index contributed by atoms with van der Waals surface area (Å²) >= 11 is 0. The van der Waals surface area contributed by atoms with Gasteiger partial charge in [-0.1, -0.05) is 19.1 Å². The van der Waals surface area contributed by atoms with Crippen LogP contribution in [0.2, 0.25) is 0 Å². The van der Waals surface area contributed by atoms with Crippen molar-refractivity contribution < 1.29 is 9.15 Å².